The van der Waals surface area contributed by atoms with Crippen molar-refractivity contribution in [2.24, 2.45) is 5.73 Å². The van der Waals surface area contributed by atoms with E-state index in [1.54, 1.807) is 0 Å². The first-order valence-corrected chi connectivity index (χ1v) is 7.68. The Morgan fingerprint density at radius 3 is 2.40 bits per heavy atom. The van der Waals surface area contributed by atoms with Crippen molar-refractivity contribution in [1.82, 2.24) is 4.90 Å². The van der Waals surface area contributed by atoms with Crippen LogP contribution in [0.25, 0.3) is 0 Å². The van der Waals surface area contributed by atoms with Crippen molar-refractivity contribution in [2.45, 2.75) is 12.6 Å². The normalized spacial score (nSPS) is 12.7. The number of hydrogen-bond donors (Lipinski definition) is 1. The molecule has 2 rings (SSSR count). The van der Waals surface area contributed by atoms with Gasteiger partial charge in [0.15, 0.2) is 0 Å². The minimum absolute atomic E-state index is 0.182. The summed E-state index contributed by atoms with van der Waals surface area (Å²) in [5.74, 6) is 0. The topological polar surface area (TPSA) is 29.3 Å². The van der Waals surface area contributed by atoms with Crippen molar-refractivity contribution in [3.63, 3.8) is 0 Å². The van der Waals surface area contributed by atoms with Gasteiger partial charge in [-0.1, -0.05) is 57.9 Å². The number of halogens is 2. The van der Waals surface area contributed by atoms with Gasteiger partial charge >= 0.3 is 0 Å². The van der Waals surface area contributed by atoms with Crippen molar-refractivity contribution in [2.75, 3.05) is 13.6 Å². The summed E-state index contributed by atoms with van der Waals surface area (Å²) in [5, 5.41) is 0.762. The van der Waals surface area contributed by atoms with Gasteiger partial charge in [0.2, 0.25) is 0 Å². The van der Waals surface area contributed by atoms with E-state index in [0.29, 0.717) is 6.54 Å². The van der Waals surface area contributed by atoms with Crippen molar-refractivity contribution in [3.05, 3.63) is 69.2 Å². The molecule has 2 aromatic carbocycles. The molecule has 4 heteroatoms. The minimum atomic E-state index is 0.182. The van der Waals surface area contributed by atoms with Gasteiger partial charge in [-0.25, -0.2) is 0 Å². The summed E-state index contributed by atoms with van der Waals surface area (Å²) in [6, 6.07) is 16.3. The Morgan fingerprint density at radius 2 is 1.80 bits per heavy atom. The van der Waals surface area contributed by atoms with Gasteiger partial charge in [-0.3, -0.25) is 4.90 Å². The first kappa shape index (κ1) is 15.5. The first-order chi connectivity index (χ1) is 9.61. The number of benzene rings is 2. The molecule has 2 aromatic rings. The summed E-state index contributed by atoms with van der Waals surface area (Å²) in [6.07, 6.45) is 0. The van der Waals surface area contributed by atoms with Crippen molar-refractivity contribution in [3.8, 4) is 0 Å². The monoisotopic (exact) mass is 352 g/mol. The van der Waals surface area contributed by atoms with E-state index < -0.39 is 0 Å². The molecular weight excluding hydrogens is 336 g/mol. The Morgan fingerprint density at radius 1 is 1.15 bits per heavy atom. The molecule has 0 saturated heterocycles. The molecule has 2 N–H and O–H groups in total. The van der Waals surface area contributed by atoms with E-state index in [1.807, 2.05) is 42.5 Å². The number of hydrogen-bond acceptors (Lipinski definition) is 2. The molecule has 20 heavy (non-hydrogen) atoms. The average molecular weight is 354 g/mol. The van der Waals surface area contributed by atoms with E-state index in [9.17, 15) is 0 Å². The van der Waals surface area contributed by atoms with Gasteiger partial charge in [-0.2, -0.15) is 0 Å². The van der Waals surface area contributed by atoms with Crippen LogP contribution in [0.3, 0.4) is 0 Å². The van der Waals surface area contributed by atoms with E-state index in [-0.39, 0.29) is 6.04 Å². The lowest BCUT2D eigenvalue weighted by Gasteiger charge is -2.28. The third kappa shape index (κ3) is 3.83. The molecule has 106 valence electrons. The standard InChI is InChI=1S/C16H18BrClN2/c1-20(11-12-6-8-13(18)9-7-12)16(10-19)14-4-2-3-5-15(14)17/h2-9,16H,10-11,19H2,1H3. The minimum Gasteiger partial charge on any atom is -0.329 e. The van der Waals surface area contributed by atoms with Crippen LogP contribution in [0.1, 0.15) is 17.2 Å². The molecule has 0 radical (unpaired) electrons. The lowest BCUT2D eigenvalue weighted by molar-refractivity contribution is 0.241. The highest BCUT2D eigenvalue weighted by atomic mass is 79.9. The van der Waals surface area contributed by atoms with Gasteiger partial charge in [-0.05, 0) is 36.4 Å². The molecular formula is C16H18BrClN2. The second kappa shape index (κ2) is 7.23. The van der Waals surface area contributed by atoms with Crippen LogP contribution >= 0.6 is 27.5 Å². The van der Waals surface area contributed by atoms with E-state index in [0.717, 1.165) is 16.0 Å². The molecule has 2 nitrogen and oxygen atoms in total. The Labute approximate surface area is 133 Å². The van der Waals surface area contributed by atoms with Crippen LogP contribution in [-0.4, -0.2) is 18.5 Å². The first-order valence-electron chi connectivity index (χ1n) is 6.51. The second-order valence-electron chi connectivity index (χ2n) is 4.81. The van der Waals surface area contributed by atoms with E-state index >= 15 is 0 Å². The van der Waals surface area contributed by atoms with Gasteiger partial charge in [0.25, 0.3) is 0 Å². The van der Waals surface area contributed by atoms with E-state index in [2.05, 4.69) is 33.9 Å². The molecule has 1 atom stereocenters. The Kier molecular flexibility index (Phi) is 5.61. The van der Waals surface area contributed by atoms with Crippen LogP contribution in [0.2, 0.25) is 5.02 Å². The molecule has 0 aromatic heterocycles. The number of likely N-dealkylation sites (N-methyl/N-ethyl adjacent to an activating group) is 1. The van der Waals surface area contributed by atoms with Crippen LogP contribution in [0.15, 0.2) is 53.0 Å². The molecule has 0 spiro atoms. The van der Waals surface area contributed by atoms with Crippen molar-refractivity contribution < 1.29 is 0 Å². The zero-order valence-corrected chi connectivity index (χ0v) is 13.7. The Bertz CT molecular complexity index is 557. The van der Waals surface area contributed by atoms with Crippen LogP contribution in [0.4, 0.5) is 0 Å². The largest absolute Gasteiger partial charge is 0.329 e. The molecule has 0 saturated carbocycles. The van der Waals surface area contributed by atoms with Crippen molar-refractivity contribution in [1.29, 1.82) is 0 Å². The lowest BCUT2D eigenvalue weighted by atomic mass is 10.1. The quantitative estimate of drug-likeness (QED) is 0.871. The van der Waals surface area contributed by atoms with E-state index in [4.69, 9.17) is 17.3 Å². The van der Waals surface area contributed by atoms with Crippen LogP contribution in [-0.2, 0) is 6.54 Å². The maximum Gasteiger partial charge on any atom is 0.0482 e. The van der Waals surface area contributed by atoms with Crippen LogP contribution in [0, 0.1) is 0 Å². The number of rotatable bonds is 5. The zero-order valence-electron chi connectivity index (χ0n) is 11.4. The smallest absolute Gasteiger partial charge is 0.0482 e. The summed E-state index contributed by atoms with van der Waals surface area (Å²) < 4.78 is 1.10. The average Bonchev–Trinajstić information content (AvgIpc) is 2.44. The molecule has 0 aliphatic heterocycles. The Hall–Kier alpha value is -0.870. The SMILES string of the molecule is CN(Cc1ccc(Cl)cc1)C(CN)c1ccccc1Br. The van der Waals surface area contributed by atoms with Gasteiger partial charge in [0, 0.05) is 28.6 Å². The maximum absolute atomic E-state index is 5.97. The number of nitrogens with two attached hydrogens (primary N) is 1. The highest BCUT2D eigenvalue weighted by Crippen LogP contribution is 2.27. The summed E-state index contributed by atoms with van der Waals surface area (Å²) in [4.78, 5) is 2.25. The molecule has 0 aliphatic rings. The van der Waals surface area contributed by atoms with Crippen LogP contribution in [0.5, 0.6) is 0 Å². The van der Waals surface area contributed by atoms with E-state index in [1.165, 1.54) is 11.1 Å². The predicted molar refractivity (Wildman–Crippen MR) is 88.9 cm³/mol. The molecule has 0 fully saturated rings. The van der Waals surface area contributed by atoms with Crippen molar-refractivity contribution >= 4 is 27.5 Å². The van der Waals surface area contributed by atoms with Gasteiger partial charge in [0.1, 0.15) is 0 Å². The molecule has 0 bridgehead atoms. The third-order valence-electron chi connectivity index (χ3n) is 3.36. The maximum atomic E-state index is 5.97. The second-order valence-corrected chi connectivity index (χ2v) is 6.11. The highest BCUT2D eigenvalue weighted by Gasteiger charge is 2.17. The molecule has 0 amide bonds. The van der Waals surface area contributed by atoms with Gasteiger partial charge < -0.3 is 5.73 Å². The summed E-state index contributed by atoms with van der Waals surface area (Å²) in [5.41, 5.74) is 8.41. The summed E-state index contributed by atoms with van der Waals surface area (Å²) >= 11 is 9.52. The molecule has 1 unspecified atom stereocenters. The summed E-state index contributed by atoms with van der Waals surface area (Å²) in [6.45, 7) is 1.41. The summed E-state index contributed by atoms with van der Waals surface area (Å²) in [7, 11) is 2.09. The van der Waals surface area contributed by atoms with Gasteiger partial charge in [-0.15, -0.1) is 0 Å². The van der Waals surface area contributed by atoms with Crippen LogP contribution < -0.4 is 5.73 Å². The lowest BCUT2D eigenvalue weighted by Crippen LogP contribution is -2.30. The number of nitrogens with zero attached hydrogens (tertiary/aromatic N) is 1. The fourth-order valence-electron chi connectivity index (χ4n) is 2.28. The molecule has 0 heterocycles. The van der Waals surface area contributed by atoms with Gasteiger partial charge in [0.05, 0.1) is 0 Å². The fraction of sp³-hybridized carbons (Fsp3) is 0.250. The highest BCUT2D eigenvalue weighted by molar-refractivity contribution is 9.10. The predicted octanol–water partition coefficient (Wildman–Crippen LogP) is 4.23. The molecule has 0 aliphatic carbocycles. The Balaban J connectivity index is 2.15. The third-order valence-corrected chi connectivity index (χ3v) is 4.34. The fourth-order valence-corrected chi connectivity index (χ4v) is 2.95. The zero-order chi connectivity index (χ0) is 14.5.